The number of amides is 2. The van der Waals surface area contributed by atoms with Crippen LogP contribution in [-0.4, -0.2) is 22.6 Å². The molecule has 6 heteroatoms. The molecule has 3 N–H and O–H groups in total. The van der Waals surface area contributed by atoms with Crippen molar-refractivity contribution in [3.63, 3.8) is 0 Å². The standard InChI is InChI=1S/C12H15FN2O3/c1-12(2,10(16)17)15-11(18)14-7-8-4-3-5-9(13)6-8/h3-6H,7H2,1-2H3,(H,16,17)(H2,14,15,18). The number of urea groups is 1. The van der Waals surface area contributed by atoms with E-state index in [0.717, 1.165) is 0 Å². The van der Waals surface area contributed by atoms with Crippen molar-refractivity contribution in [2.45, 2.75) is 25.9 Å². The van der Waals surface area contributed by atoms with E-state index in [1.54, 1.807) is 6.07 Å². The van der Waals surface area contributed by atoms with Gasteiger partial charge in [-0.3, -0.25) is 0 Å². The largest absolute Gasteiger partial charge is 0.480 e. The Morgan fingerprint density at radius 3 is 2.61 bits per heavy atom. The third-order valence-electron chi connectivity index (χ3n) is 2.30. The fourth-order valence-corrected chi connectivity index (χ4v) is 1.21. The number of halogens is 1. The highest BCUT2D eigenvalue weighted by Gasteiger charge is 2.28. The molecule has 98 valence electrons. The van der Waals surface area contributed by atoms with Crippen molar-refractivity contribution in [2.24, 2.45) is 0 Å². The van der Waals surface area contributed by atoms with E-state index in [2.05, 4.69) is 10.6 Å². The maximum absolute atomic E-state index is 12.9. The molecular weight excluding hydrogens is 239 g/mol. The van der Waals surface area contributed by atoms with Crippen LogP contribution in [0.3, 0.4) is 0 Å². The molecule has 0 bridgehead atoms. The molecule has 0 aliphatic rings. The normalized spacial score (nSPS) is 10.8. The summed E-state index contributed by atoms with van der Waals surface area (Å²) in [7, 11) is 0. The van der Waals surface area contributed by atoms with Gasteiger partial charge < -0.3 is 15.7 Å². The summed E-state index contributed by atoms with van der Waals surface area (Å²) in [5.41, 5.74) is -0.760. The first-order chi connectivity index (χ1) is 8.31. The average molecular weight is 254 g/mol. The second kappa shape index (κ2) is 5.48. The minimum atomic E-state index is -1.36. The van der Waals surface area contributed by atoms with Gasteiger partial charge in [0.15, 0.2) is 0 Å². The number of carbonyl (C=O) groups excluding carboxylic acids is 1. The summed E-state index contributed by atoms with van der Waals surface area (Å²) in [6.07, 6.45) is 0. The van der Waals surface area contributed by atoms with E-state index in [1.165, 1.54) is 32.0 Å². The number of hydrogen-bond donors (Lipinski definition) is 3. The van der Waals surface area contributed by atoms with Crippen molar-refractivity contribution in [2.75, 3.05) is 0 Å². The molecule has 18 heavy (non-hydrogen) atoms. The van der Waals surface area contributed by atoms with Crippen molar-refractivity contribution < 1.29 is 19.1 Å². The summed E-state index contributed by atoms with van der Waals surface area (Å²) in [6.45, 7) is 2.87. The lowest BCUT2D eigenvalue weighted by Crippen LogP contribution is -2.52. The smallest absolute Gasteiger partial charge is 0.328 e. The Hall–Kier alpha value is -2.11. The first-order valence-electron chi connectivity index (χ1n) is 5.35. The molecule has 1 rings (SSSR count). The zero-order chi connectivity index (χ0) is 13.8. The average Bonchev–Trinajstić information content (AvgIpc) is 2.25. The summed E-state index contributed by atoms with van der Waals surface area (Å²) in [5, 5.41) is 13.6. The van der Waals surface area contributed by atoms with Crippen LogP contribution in [0, 0.1) is 5.82 Å². The molecule has 0 heterocycles. The molecular formula is C12H15FN2O3. The summed E-state index contributed by atoms with van der Waals surface area (Å²) < 4.78 is 12.9. The minimum Gasteiger partial charge on any atom is -0.480 e. The van der Waals surface area contributed by atoms with Gasteiger partial charge in [0.2, 0.25) is 0 Å². The first-order valence-corrected chi connectivity index (χ1v) is 5.35. The topological polar surface area (TPSA) is 78.4 Å². The van der Waals surface area contributed by atoms with Crippen LogP contribution in [0.15, 0.2) is 24.3 Å². The highest BCUT2D eigenvalue weighted by molar-refractivity contribution is 5.85. The molecule has 1 aromatic carbocycles. The van der Waals surface area contributed by atoms with Gasteiger partial charge in [-0.25, -0.2) is 14.0 Å². The van der Waals surface area contributed by atoms with Crippen LogP contribution < -0.4 is 10.6 Å². The fraction of sp³-hybridized carbons (Fsp3) is 0.333. The Labute approximate surface area is 104 Å². The molecule has 0 aliphatic carbocycles. The second-order valence-corrected chi connectivity index (χ2v) is 4.37. The van der Waals surface area contributed by atoms with Gasteiger partial charge >= 0.3 is 12.0 Å². The molecule has 0 atom stereocenters. The van der Waals surface area contributed by atoms with Crippen LogP contribution in [0.1, 0.15) is 19.4 Å². The van der Waals surface area contributed by atoms with Crippen molar-refractivity contribution in [1.82, 2.24) is 10.6 Å². The number of nitrogens with one attached hydrogen (secondary N) is 2. The summed E-state index contributed by atoms with van der Waals surface area (Å²) in [4.78, 5) is 22.2. The molecule has 1 aromatic rings. The van der Waals surface area contributed by atoms with Gasteiger partial charge in [0.05, 0.1) is 0 Å². The third-order valence-corrected chi connectivity index (χ3v) is 2.30. The van der Waals surface area contributed by atoms with Gasteiger partial charge in [-0.2, -0.15) is 0 Å². The van der Waals surface area contributed by atoms with Crippen molar-refractivity contribution in [3.05, 3.63) is 35.6 Å². The number of aliphatic carboxylic acids is 1. The molecule has 0 spiro atoms. The monoisotopic (exact) mass is 254 g/mol. The van der Waals surface area contributed by atoms with E-state index in [-0.39, 0.29) is 12.4 Å². The number of carboxylic acids is 1. The van der Waals surface area contributed by atoms with Crippen LogP contribution in [0.2, 0.25) is 0 Å². The Bertz CT molecular complexity index is 460. The van der Waals surface area contributed by atoms with Gasteiger partial charge in [0, 0.05) is 6.54 Å². The highest BCUT2D eigenvalue weighted by Crippen LogP contribution is 2.04. The molecule has 0 fully saturated rings. The lowest BCUT2D eigenvalue weighted by Gasteiger charge is -2.21. The first kappa shape index (κ1) is 14.0. The quantitative estimate of drug-likeness (QED) is 0.761. The second-order valence-electron chi connectivity index (χ2n) is 4.37. The summed E-state index contributed by atoms with van der Waals surface area (Å²) in [5.74, 6) is -1.52. The number of carboxylic acid groups (broad SMARTS) is 1. The van der Waals surface area contributed by atoms with E-state index >= 15 is 0 Å². The predicted octanol–water partition coefficient (Wildman–Crippen LogP) is 1.49. The van der Waals surface area contributed by atoms with Crippen LogP contribution >= 0.6 is 0 Å². The fourth-order valence-electron chi connectivity index (χ4n) is 1.21. The summed E-state index contributed by atoms with van der Waals surface area (Å²) >= 11 is 0. The highest BCUT2D eigenvalue weighted by atomic mass is 19.1. The van der Waals surface area contributed by atoms with Crippen LogP contribution in [0.4, 0.5) is 9.18 Å². The van der Waals surface area contributed by atoms with Crippen molar-refractivity contribution >= 4 is 12.0 Å². The summed E-state index contributed by atoms with van der Waals surface area (Å²) in [6, 6.07) is 5.17. The SMILES string of the molecule is CC(C)(NC(=O)NCc1cccc(F)c1)C(=O)O. The minimum absolute atomic E-state index is 0.124. The lowest BCUT2D eigenvalue weighted by molar-refractivity contribution is -0.142. The number of benzene rings is 1. The van der Waals surface area contributed by atoms with E-state index in [9.17, 15) is 14.0 Å². The maximum atomic E-state index is 12.9. The molecule has 0 radical (unpaired) electrons. The number of carbonyl (C=O) groups is 2. The number of hydrogen-bond acceptors (Lipinski definition) is 2. The zero-order valence-corrected chi connectivity index (χ0v) is 10.2. The van der Waals surface area contributed by atoms with Crippen LogP contribution in [-0.2, 0) is 11.3 Å². The Kier molecular flexibility index (Phi) is 4.25. The van der Waals surface area contributed by atoms with Crippen molar-refractivity contribution in [3.8, 4) is 0 Å². The van der Waals surface area contributed by atoms with E-state index in [4.69, 9.17) is 5.11 Å². The van der Waals surface area contributed by atoms with E-state index in [0.29, 0.717) is 5.56 Å². The molecule has 0 saturated heterocycles. The molecule has 2 amide bonds. The molecule has 0 unspecified atom stereocenters. The van der Waals surface area contributed by atoms with Gasteiger partial charge in [-0.1, -0.05) is 12.1 Å². The van der Waals surface area contributed by atoms with E-state index < -0.39 is 17.5 Å². The van der Waals surface area contributed by atoms with Crippen LogP contribution in [0.25, 0.3) is 0 Å². The number of rotatable bonds is 4. The molecule has 0 aromatic heterocycles. The van der Waals surface area contributed by atoms with Gasteiger partial charge in [-0.05, 0) is 31.5 Å². The molecule has 0 aliphatic heterocycles. The van der Waals surface area contributed by atoms with Crippen molar-refractivity contribution in [1.29, 1.82) is 0 Å². The maximum Gasteiger partial charge on any atom is 0.328 e. The Balaban J connectivity index is 2.50. The zero-order valence-electron chi connectivity index (χ0n) is 10.2. The van der Waals surface area contributed by atoms with E-state index in [1.807, 2.05) is 0 Å². The van der Waals surface area contributed by atoms with Crippen LogP contribution in [0.5, 0.6) is 0 Å². The Morgan fingerprint density at radius 1 is 1.39 bits per heavy atom. The molecule has 5 nitrogen and oxygen atoms in total. The lowest BCUT2D eigenvalue weighted by atomic mass is 10.1. The predicted molar refractivity (Wildman–Crippen MR) is 63.5 cm³/mol. The van der Waals surface area contributed by atoms with Gasteiger partial charge in [0.1, 0.15) is 11.4 Å². The van der Waals surface area contributed by atoms with Gasteiger partial charge in [-0.15, -0.1) is 0 Å². The third kappa shape index (κ3) is 4.04. The Morgan fingerprint density at radius 2 is 2.06 bits per heavy atom. The molecule has 0 saturated carbocycles. The van der Waals surface area contributed by atoms with Gasteiger partial charge in [0.25, 0.3) is 0 Å².